The van der Waals surface area contributed by atoms with Gasteiger partial charge in [0.1, 0.15) is 0 Å². The van der Waals surface area contributed by atoms with Gasteiger partial charge >= 0.3 is 0 Å². The molecule has 2 N–H and O–H groups in total. The van der Waals surface area contributed by atoms with E-state index in [0.717, 1.165) is 42.8 Å². The maximum absolute atomic E-state index is 12.6. The van der Waals surface area contributed by atoms with Crippen LogP contribution in [0.2, 0.25) is 0 Å². The van der Waals surface area contributed by atoms with E-state index in [0.29, 0.717) is 18.1 Å². The Morgan fingerprint density at radius 1 is 1.33 bits per heavy atom. The summed E-state index contributed by atoms with van der Waals surface area (Å²) in [6.45, 7) is 6.93. The minimum absolute atomic E-state index is 0.0543. The number of piperidine rings is 1. The van der Waals surface area contributed by atoms with Crippen molar-refractivity contribution in [3.05, 3.63) is 17.0 Å². The van der Waals surface area contributed by atoms with Crippen molar-refractivity contribution < 1.29 is 4.79 Å². The molecule has 1 amide bonds. The highest BCUT2D eigenvalue weighted by atomic mass is 16.1. The van der Waals surface area contributed by atoms with Gasteiger partial charge in [0.2, 0.25) is 0 Å². The Kier molecular flexibility index (Phi) is 4.02. The summed E-state index contributed by atoms with van der Waals surface area (Å²) < 4.78 is 1.95. The van der Waals surface area contributed by atoms with E-state index in [4.69, 9.17) is 0 Å². The zero-order valence-electron chi connectivity index (χ0n) is 13.3. The van der Waals surface area contributed by atoms with Gasteiger partial charge in [-0.15, -0.1) is 0 Å². The highest BCUT2D eigenvalue weighted by molar-refractivity contribution is 5.96. The maximum Gasteiger partial charge on any atom is 0.255 e. The number of hydrogen-bond donors (Lipinski definition) is 2. The summed E-state index contributed by atoms with van der Waals surface area (Å²) in [5.41, 5.74) is 2.61. The van der Waals surface area contributed by atoms with Crippen molar-refractivity contribution in [2.24, 2.45) is 0 Å². The average Bonchev–Trinajstić information content (AvgIpc) is 2.90. The van der Waals surface area contributed by atoms with E-state index < -0.39 is 0 Å². The van der Waals surface area contributed by atoms with E-state index in [1.54, 1.807) is 0 Å². The monoisotopic (exact) mass is 290 g/mol. The van der Waals surface area contributed by atoms with Crippen molar-refractivity contribution in [2.45, 2.75) is 77.5 Å². The lowest BCUT2D eigenvalue weighted by molar-refractivity contribution is 0.0922. The van der Waals surface area contributed by atoms with Gasteiger partial charge in [0.25, 0.3) is 5.91 Å². The second-order valence-corrected chi connectivity index (χ2v) is 6.55. The predicted octanol–water partition coefficient (Wildman–Crippen LogP) is 1.92. The van der Waals surface area contributed by atoms with Crippen molar-refractivity contribution in [3.63, 3.8) is 0 Å². The van der Waals surface area contributed by atoms with Gasteiger partial charge in [0.05, 0.1) is 11.3 Å². The molecule has 0 radical (unpaired) electrons. The third-order valence-electron chi connectivity index (χ3n) is 4.85. The molecule has 1 aromatic rings. The first kappa shape index (κ1) is 14.6. The van der Waals surface area contributed by atoms with E-state index in [-0.39, 0.29) is 5.91 Å². The number of carbonyl (C=O) groups is 1. The standard InChI is InChI=1S/C16H26N4O/c1-4-7-20-11(3)15(10(2)19-20)16(21)18-14-8-12-5-6-13(9-14)17-12/h12-14,17H,4-9H2,1-3H3,(H,18,21). The van der Waals surface area contributed by atoms with Gasteiger partial charge < -0.3 is 10.6 Å². The van der Waals surface area contributed by atoms with Crippen LogP contribution in [0.3, 0.4) is 0 Å². The molecule has 2 unspecified atom stereocenters. The molecule has 1 aromatic heterocycles. The number of carbonyl (C=O) groups excluding carboxylic acids is 1. The number of rotatable bonds is 4. The van der Waals surface area contributed by atoms with E-state index in [9.17, 15) is 4.79 Å². The lowest BCUT2D eigenvalue weighted by Crippen LogP contribution is -2.48. The van der Waals surface area contributed by atoms with Crippen molar-refractivity contribution >= 4 is 5.91 Å². The Labute approximate surface area is 126 Å². The maximum atomic E-state index is 12.6. The molecule has 2 bridgehead atoms. The highest BCUT2D eigenvalue weighted by Gasteiger charge is 2.34. The Balaban J connectivity index is 1.70. The number of aromatic nitrogens is 2. The van der Waals surface area contributed by atoms with E-state index in [1.807, 2.05) is 18.5 Å². The molecule has 5 heteroatoms. The lowest BCUT2D eigenvalue weighted by Gasteiger charge is -2.29. The van der Waals surface area contributed by atoms with Crippen LogP contribution in [0.4, 0.5) is 0 Å². The summed E-state index contributed by atoms with van der Waals surface area (Å²) >= 11 is 0. The molecule has 0 aliphatic carbocycles. The Hall–Kier alpha value is -1.36. The molecule has 2 fully saturated rings. The zero-order valence-corrected chi connectivity index (χ0v) is 13.3. The second-order valence-electron chi connectivity index (χ2n) is 6.55. The molecule has 3 rings (SSSR count). The summed E-state index contributed by atoms with van der Waals surface area (Å²) in [5.74, 6) is 0.0543. The van der Waals surface area contributed by atoms with Gasteiger partial charge in [-0.25, -0.2) is 0 Å². The van der Waals surface area contributed by atoms with Crippen molar-refractivity contribution in [3.8, 4) is 0 Å². The van der Waals surface area contributed by atoms with E-state index in [1.165, 1.54) is 12.8 Å². The van der Waals surface area contributed by atoms with Crippen molar-refractivity contribution in [1.29, 1.82) is 0 Å². The Bertz CT molecular complexity index is 525. The molecule has 3 heterocycles. The first-order valence-corrected chi connectivity index (χ1v) is 8.19. The van der Waals surface area contributed by atoms with Crippen LogP contribution in [-0.2, 0) is 6.54 Å². The molecule has 2 saturated heterocycles. The summed E-state index contributed by atoms with van der Waals surface area (Å²) in [5, 5.41) is 11.3. The van der Waals surface area contributed by atoms with Crippen LogP contribution < -0.4 is 10.6 Å². The quantitative estimate of drug-likeness (QED) is 0.890. The molecule has 21 heavy (non-hydrogen) atoms. The minimum Gasteiger partial charge on any atom is -0.349 e. The molecule has 2 aliphatic rings. The molecule has 2 aliphatic heterocycles. The van der Waals surface area contributed by atoms with Crippen LogP contribution in [0.1, 0.15) is 60.8 Å². The van der Waals surface area contributed by atoms with Gasteiger partial charge in [-0.05, 0) is 46.0 Å². The number of aryl methyl sites for hydroxylation is 2. The average molecular weight is 290 g/mol. The van der Waals surface area contributed by atoms with Crippen molar-refractivity contribution in [2.75, 3.05) is 0 Å². The van der Waals surface area contributed by atoms with Crippen LogP contribution >= 0.6 is 0 Å². The number of nitrogens with one attached hydrogen (secondary N) is 2. The first-order valence-electron chi connectivity index (χ1n) is 8.19. The number of hydrogen-bond acceptors (Lipinski definition) is 3. The number of nitrogens with zero attached hydrogens (tertiary/aromatic N) is 2. The fraction of sp³-hybridized carbons (Fsp3) is 0.750. The molecule has 0 saturated carbocycles. The summed E-state index contributed by atoms with van der Waals surface area (Å²) in [7, 11) is 0. The third kappa shape index (κ3) is 2.84. The predicted molar refractivity (Wildman–Crippen MR) is 82.4 cm³/mol. The zero-order chi connectivity index (χ0) is 15.0. The van der Waals surface area contributed by atoms with Gasteiger partial charge in [-0.3, -0.25) is 9.48 Å². The molecular weight excluding hydrogens is 264 g/mol. The van der Waals surface area contributed by atoms with Crippen LogP contribution in [0.15, 0.2) is 0 Å². The van der Waals surface area contributed by atoms with Crippen LogP contribution in [0.5, 0.6) is 0 Å². The van der Waals surface area contributed by atoms with Gasteiger partial charge in [-0.1, -0.05) is 6.92 Å². The summed E-state index contributed by atoms with van der Waals surface area (Å²) in [4.78, 5) is 12.6. The summed E-state index contributed by atoms with van der Waals surface area (Å²) in [6.07, 6.45) is 5.65. The Morgan fingerprint density at radius 3 is 2.62 bits per heavy atom. The largest absolute Gasteiger partial charge is 0.349 e. The molecule has 2 atom stereocenters. The van der Waals surface area contributed by atoms with Gasteiger partial charge in [-0.2, -0.15) is 5.10 Å². The van der Waals surface area contributed by atoms with Gasteiger partial charge in [0, 0.05) is 30.4 Å². The summed E-state index contributed by atoms with van der Waals surface area (Å²) in [6, 6.07) is 1.50. The topological polar surface area (TPSA) is 59.0 Å². The number of fused-ring (bicyclic) bond motifs is 2. The number of amides is 1. The smallest absolute Gasteiger partial charge is 0.255 e. The fourth-order valence-corrected chi connectivity index (χ4v) is 3.89. The molecule has 116 valence electrons. The molecule has 0 spiro atoms. The van der Waals surface area contributed by atoms with Crippen LogP contribution in [-0.4, -0.2) is 33.8 Å². The molecular formula is C16H26N4O. The molecule has 0 aromatic carbocycles. The fourth-order valence-electron chi connectivity index (χ4n) is 3.89. The van der Waals surface area contributed by atoms with Gasteiger partial charge in [0.15, 0.2) is 0 Å². The van der Waals surface area contributed by atoms with E-state index in [2.05, 4.69) is 22.7 Å². The van der Waals surface area contributed by atoms with E-state index >= 15 is 0 Å². The van der Waals surface area contributed by atoms with Crippen LogP contribution in [0.25, 0.3) is 0 Å². The SMILES string of the molecule is CCCn1nc(C)c(C(=O)NC2CC3CCC(C2)N3)c1C. The minimum atomic E-state index is 0.0543. The van der Waals surface area contributed by atoms with Crippen molar-refractivity contribution in [1.82, 2.24) is 20.4 Å². The lowest BCUT2D eigenvalue weighted by atomic mass is 9.99. The normalized spacial score (nSPS) is 27.9. The Morgan fingerprint density at radius 2 is 2.00 bits per heavy atom. The molecule has 5 nitrogen and oxygen atoms in total. The third-order valence-corrected chi connectivity index (χ3v) is 4.85. The first-order chi connectivity index (χ1) is 10.1. The highest BCUT2D eigenvalue weighted by Crippen LogP contribution is 2.27. The second kappa shape index (κ2) is 5.79. The van der Waals surface area contributed by atoms with Crippen LogP contribution in [0, 0.1) is 13.8 Å².